The molecule has 2 aliphatic heterocycles. The molecular formula is C34H37F2N7O4S. The predicted molar refractivity (Wildman–Crippen MR) is 179 cm³/mol. The van der Waals surface area contributed by atoms with E-state index in [1.54, 1.807) is 17.9 Å². The molecule has 2 aliphatic rings. The molecule has 0 spiro atoms. The summed E-state index contributed by atoms with van der Waals surface area (Å²) in [7, 11) is -3.95. The molecule has 0 N–H and O–H groups in total. The highest BCUT2D eigenvalue weighted by Crippen LogP contribution is 2.33. The van der Waals surface area contributed by atoms with Gasteiger partial charge in [0.05, 0.1) is 11.1 Å². The largest absolute Gasteiger partial charge is 0.355 e. The van der Waals surface area contributed by atoms with E-state index in [0.717, 1.165) is 36.5 Å². The first-order valence-electron chi connectivity index (χ1n) is 15.9. The number of likely N-dealkylation sites (tertiary alicyclic amines) is 1. The van der Waals surface area contributed by atoms with E-state index in [9.17, 15) is 22.4 Å². The second-order valence-corrected chi connectivity index (χ2v) is 14.3. The first kappa shape index (κ1) is 33.3. The second kappa shape index (κ2) is 13.5. The zero-order chi connectivity index (χ0) is 34.2. The van der Waals surface area contributed by atoms with Crippen LogP contribution in [0, 0.1) is 18.6 Å². The summed E-state index contributed by atoms with van der Waals surface area (Å²) in [6, 6.07) is 7.89. The molecule has 6 rings (SSSR count). The molecule has 252 valence electrons. The number of rotatable bonds is 7. The number of benzene rings is 1. The first-order valence-corrected chi connectivity index (χ1v) is 17.8. The lowest BCUT2D eigenvalue weighted by molar-refractivity contribution is -0.126. The van der Waals surface area contributed by atoms with Gasteiger partial charge in [-0.3, -0.25) is 9.69 Å². The number of anilines is 1. The number of pyridine rings is 2. The minimum atomic E-state index is -3.95. The Labute approximate surface area is 277 Å². The Morgan fingerprint density at radius 1 is 1.02 bits per heavy atom. The fourth-order valence-electron chi connectivity index (χ4n) is 6.46. The lowest BCUT2D eigenvalue weighted by Gasteiger charge is -2.40. The van der Waals surface area contributed by atoms with Gasteiger partial charge in [0.2, 0.25) is 5.91 Å². The summed E-state index contributed by atoms with van der Waals surface area (Å²) in [6.45, 7) is 7.20. The number of nitrogens with zero attached hydrogens (tertiary/aromatic N) is 7. The Balaban J connectivity index is 1.43. The topological polar surface area (TPSA) is 122 Å². The van der Waals surface area contributed by atoms with Crippen molar-refractivity contribution in [2.45, 2.75) is 44.2 Å². The Kier molecular flexibility index (Phi) is 9.39. The second-order valence-electron chi connectivity index (χ2n) is 12.4. The zero-order valence-electron chi connectivity index (χ0n) is 27.1. The molecule has 1 aromatic carbocycles. The van der Waals surface area contributed by atoms with Crippen molar-refractivity contribution in [2.24, 2.45) is 0 Å². The quantitative estimate of drug-likeness (QED) is 0.268. The summed E-state index contributed by atoms with van der Waals surface area (Å²) in [6.07, 6.45) is 9.35. The number of halogens is 2. The number of sulfone groups is 1. The fraction of sp³-hybridized carbons (Fsp3) is 0.382. The van der Waals surface area contributed by atoms with Crippen molar-refractivity contribution in [3.05, 3.63) is 82.4 Å². The molecule has 1 atom stereocenters. The lowest BCUT2D eigenvalue weighted by Crippen LogP contribution is -2.54. The predicted octanol–water partition coefficient (Wildman–Crippen LogP) is 3.91. The molecule has 48 heavy (non-hydrogen) atoms. The SMILES string of the molecule is Cc1ccnc(S(C)(=O)=O)c1-n1c(=O)nc(N2CCN(C(=O)/C=C/CN3CCCCC3)C[C@@H]2C)c2cc(F)c(-c3ccccc3F)nc21. The van der Waals surface area contributed by atoms with Crippen LogP contribution in [0.2, 0.25) is 0 Å². The Morgan fingerprint density at radius 3 is 2.48 bits per heavy atom. The number of hydrogen-bond donors (Lipinski definition) is 0. The average Bonchev–Trinajstić information content (AvgIpc) is 3.05. The summed E-state index contributed by atoms with van der Waals surface area (Å²) in [5.41, 5.74) is -1.16. The molecule has 14 heteroatoms. The van der Waals surface area contributed by atoms with Gasteiger partial charge in [0, 0.05) is 56.3 Å². The van der Waals surface area contributed by atoms with Gasteiger partial charge in [-0.15, -0.1) is 0 Å². The number of piperazine rings is 1. The molecule has 0 radical (unpaired) electrons. The van der Waals surface area contributed by atoms with Crippen LogP contribution in [0.5, 0.6) is 0 Å². The van der Waals surface area contributed by atoms with Gasteiger partial charge in [0.1, 0.15) is 23.1 Å². The van der Waals surface area contributed by atoms with Crippen molar-refractivity contribution in [3.8, 4) is 16.9 Å². The molecule has 2 saturated heterocycles. The standard InChI is InChI=1S/C34H37F2N7O4S/c1-22-13-14-37-33(48(3,46)47)30(22)43-32-25(20-27(36)29(38-32)24-10-5-6-11-26(24)35)31(39-34(43)45)42-19-18-41(21-23(42)2)28(44)12-9-17-40-15-7-4-8-16-40/h5-6,9-14,20,23H,4,7-8,15-19,21H2,1-3H3/b12-9+/t23-/m0/s1. The molecule has 2 fully saturated rings. The number of hydrogen-bond acceptors (Lipinski definition) is 9. The number of aryl methyl sites for hydroxylation is 1. The highest BCUT2D eigenvalue weighted by atomic mass is 32.2. The molecule has 1 amide bonds. The Bertz CT molecular complexity index is 2080. The maximum absolute atomic E-state index is 15.9. The van der Waals surface area contributed by atoms with E-state index >= 15 is 4.39 Å². The number of carbonyl (C=O) groups is 1. The maximum Gasteiger partial charge on any atom is 0.355 e. The van der Waals surface area contributed by atoms with Gasteiger partial charge in [-0.25, -0.2) is 36.5 Å². The number of amides is 1. The normalized spacial score (nSPS) is 17.8. The summed E-state index contributed by atoms with van der Waals surface area (Å²) in [4.78, 5) is 45.8. The Morgan fingerprint density at radius 2 is 1.77 bits per heavy atom. The molecule has 4 aromatic rings. The lowest BCUT2D eigenvalue weighted by atomic mass is 10.1. The van der Waals surface area contributed by atoms with E-state index in [1.165, 1.54) is 55.8 Å². The van der Waals surface area contributed by atoms with Crippen molar-refractivity contribution >= 4 is 32.6 Å². The van der Waals surface area contributed by atoms with Crippen LogP contribution in [0.1, 0.15) is 31.7 Å². The van der Waals surface area contributed by atoms with Crippen LogP contribution in [-0.2, 0) is 14.6 Å². The molecule has 3 aromatic heterocycles. The minimum absolute atomic E-state index is 0.0764. The van der Waals surface area contributed by atoms with Crippen molar-refractivity contribution in [1.82, 2.24) is 29.3 Å². The number of carbonyl (C=O) groups excluding carboxylic acids is 1. The van der Waals surface area contributed by atoms with Crippen LogP contribution in [0.25, 0.3) is 28.0 Å². The van der Waals surface area contributed by atoms with Gasteiger partial charge in [-0.2, -0.15) is 4.98 Å². The summed E-state index contributed by atoms with van der Waals surface area (Å²) in [5, 5.41) is -0.268. The van der Waals surface area contributed by atoms with Crippen LogP contribution in [0.3, 0.4) is 0 Å². The third-order valence-corrected chi connectivity index (χ3v) is 9.88. The number of fused-ring (bicyclic) bond motifs is 1. The van der Waals surface area contributed by atoms with E-state index in [0.29, 0.717) is 18.7 Å². The van der Waals surface area contributed by atoms with Gasteiger partial charge in [0.15, 0.2) is 20.5 Å². The average molecular weight is 678 g/mol. The van der Waals surface area contributed by atoms with E-state index < -0.39 is 27.2 Å². The summed E-state index contributed by atoms with van der Waals surface area (Å²) in [5.74, 6) is -1.57. The van der Waals surface area contributed by atoms with Crippen molar-refractivity contribution in [1.29, 1.82) is 0 Å². The molecule has 0 bridgehead atoms. The Hall–Kier alpha value is -4.56. The summed E-state index contributed by atoms with van der Waals surface area (Å²) < 4.78 is 57.5. The smallest absolute Gasteiger partial charge is 0.350 e. The van der Waals surface area contributed by atoms with Crippen LogP contribution < -0.4 is 10.6 Å². The molecule has 0 unspecified atom stereocenters. The molecule has 0 aliphatic carbocycles. The van der Waals surface area contributed by atoms with Gasteiger partial charge in [-0.05, 0) is 69.6 Å². The first-order chi connectivity index (χ1) is 22.9. The van der Waals surface area contributed by atoms with Crippen LogP contribution in [0.4, 0.5) is 14.6 Å². The van der Waals surface area contributed by atoms with Crippen molar-refractivity contribution in [3.63, 3.8) is 0 Å². The highest BCUT2D eigenvalue weighted by Gasteiger charge is 2.31. The third-order valence-electron chi connectivity index (χ3n) is 8.88. The van der Waals surface area contributed by atoms with Gasteiger partial charge in [0.25, 0.3) is 0 Å². The monoisotopic (exact) mass is 677 g/mol. The van der Waals surface area contributed by atoms with Crippen LogP contribution in [-0.4, -0.2) is 95.2 Å². The van der Waals surface area contributed by atoms with E-state index in [1.807, 2.05) is 17.9 Å². The van der Waals surface area contributed by atoms with E-state index in [4.69, 9.17) is 0 Å². The van der Waals surface area contributed by atoms with E-state index in [2.05, 4.69) is 19.9 Å². The van der Waals surface area contributed by atoms with Crippen molar-refractivity contribution in [2.75, 3.05) is 50.4 Å². The highest BCUT2D eigenvalue weighted by molar-refractivity contribution is 7.90. The van der Waals surface area contributed by atoms with Crippen LogP contribution in [0.15, 0.2) is 64.6 Å². The summed E-state index contributed by atoms with van der Waals surface area (Å²) >= 11 is 0. The number of aromatic nitrogens is 4. The fourth-order valence-corrected chi connectivity index (χ4v) is 7.32. The zero-order valence-corrected chi connectivity index (χ0v) is 27.9. The number of piperidine rings is 1. The molecule has 5 heterocycles. The minimum Gasteiger partial charge on any atom is -0.350 e. The van der Waals surface area contributed by atoms with Gasteiger partial charge < -0.3 is 9.80 Å². The molecule has 11 nitrogen and oxygen atoms in total. The maximum atomic E-state index is 15.9. The molecular weight excluding hydrogens is 640 g/mol. The van der Waals surface area contributed by atoms with Crippen LogP contribution >= 0.6 is 0 Å². The third kappa shape index (κ3) is 6.59. The van der Waals surface area contributed by atoms with E-state index in [-0.39, 0.29) is 57.3 Å². The van der Waals surface area contributed by atoms with Crippen molar-refractivity contribution < 1.29 is 22.0 Å². The molecule has 0 saturated carbocycles. The van der Waals surface area contributed by atoms with Gasteiger partial charge in [-0.1, -0.05) is 24.6 Å². The van der Waals surface area contributed by atoms with Gasteiger partial charge >= 0.3 is 5.69 Å².